The van der Waals surface area contributed by atoms with Gasteiger partial charge in [0.1, 0.15) is 6.04 Å². The molecule has 0 saturated carbocycles. The normalized spacial score (nSPS) is 15.6. The van der Waals surface area contributed by atoms with Crippen molar-refractivity contribution >= 4 is 21.2 Å². The smallest absolute Gasteiger partial charge is 0.357 e. The van der Waals surface area contributed by atoms with Gasteiger partial charge in [0.25, 0.3) is 0 Å². The summed E-state index contributed by atoms with van der Waals surface area (Å²) in [5.74, 6) is -1.47. The van der Waals surface area contributed by atoms with Gasteiger partial charge in [-0.1, -0.05) is 0 Å². The van der Waals surface area contributed by atoms with Crippen molar-refractivity contribution in [2.24, 2.45) is 11.5 Å². The molecule has 12 heteroatoms. The fraction of sp³-hybridized carbons (Fsp3) is 0.800. The summed E-state index contributed by atoms with van der Waals surface area (Å²) >= 11 is 0. The molecule has 0 radical (unpaired) electrons. The van der Waals surface area contributed by atoms with Crippen LogP contribution in [0.1, 0.15) is 12.8 Å². The Hall–Kier alpha value is -0.310. The number of carboxylic acids is 1. The van der Waals surface area contributed by atoms with Crippen molar-refractivity contribution in [3.8, 4) is 0 Å². The molecule has 0 fully saturated rings. The molecule has 0 aliphatic carbocycles. The third-order valence-corrected chi connectivity index (χ3v) is 6.18. The van der Waals surface area contributed by atoms with E-state index in [1.54, 1.807) is 0 Å². The molecule has 0 amide bonds. The first-order valence-corrected chi connectivity index (χ1v) is 7.44. The van der Waals surface area contributed by atoms with E-state index in [1.807, 2.05) is 0 Å². The van der Waals surface area contributed by atoms with E-state index >= 15 is 0 Å². The molecule has 0 aliphatic heterocycles. The van der Waals surface area contributed by atoms with Crippen LogP contribution in [0.15, 0.2) is 0 Å². The topological polar surface area (TPSA) is 204 Å². The van der Waals surface area contributed by atoms with Crippen LogP contribution in [0.5, 0.6) is 0 Å². The molecule has 9 N–H and O–H groups in total. The van der Waals surface area contributed by atoms with Gasteiger partial charge >= 0.3 is 21.2 Å². The number of carboxylic acid groups (broad SMARTS) is 1. The van der Waals surface area contributed by atoms with E-state index in [0.29, 0.717) is 0 Å². The fourth-order valence-electron chi connectivity index (χ4n) is 0.952. The molecule has 0 aromatic carbocycles. The molecule has 0 aliphatic rings. The van der Waals surface area contributed by atoms with Gasteiger partial charge in [-0.05, 0) is 12.8 Å². The van der Waals surface area contributed by atoms with Crippen molar-refractivity contribution in [2.75, 3.05) is 0 Å². The van der Waals surface area contributed by atoms with Gasteiger partial charge in [-0.2, -0.15) is 0 Å². The van der Waals surface area contributed by atoms with E-state index in [1.165, 1.54) is 0 Å². The summed E-state index contributed by atoms with van der Waals surface area (Å²) in [4.78, 5) is 45.7. The fourth-order valence-corrected chi connectivity index (χ4v) is 3.15. The van der Waals surface area contributed by atoms with E-state index in [4.69, 9.17) is 36.1 Å². The molecular formula is C5H14N2O8P2. The number of rotatable bonds is 6. The summed E-state index contributed by atoms with van der Waals surface area (Å²) in [6.07, 6.45) is -1.50. The van der Waals surface area contributed by atoms with E-state index in [0.717, 1.165) is 0 Å². The largest absolute Gasteiger partial charge is 0.480 e. The second-order valence-corrected chi connectivity index (χ2v) is 7.57. The summed E-state index contributed by atoms with van der Waals surface area (Å²) in [6, 6.07) is -1.52. The van der Waals surface area contributed by atoms with Crippen LogP contribution in [0.4, 0.5) is 0 Å². The highest BCUT2D eigenvalue weighted by atomic mass is 31.2. The van der Waals surface area contributed by atoms with Crippen LogP contribution in [-0.2, 0) is 13.9 Å². The number of hydrogen-bond donors (Lipinski definition) is 7. The predicted octanol–water partition coefficient (Wildman–Crippen LogP) is -1.85. The molecule has 0 heterocycles. The van der Waals surface area contributed by atoms with Crippen LogP contribution in [0.3, 0.4) is 0 Å². The first-order chi connectivity index (χ1) is 7.33. The molecule has 10 nitrogen and oxygen atoms in total. The Balaban J connectivity index is 5.08. The molecule has 0 saturated heterocycles. The van der Waals surface area contributed by atoms with Crippen LogP contribution in [0.25, 0.3) is 0 Å². The molecule has 0 aromatic rings. The zero-order valence-electron chi connectivity index (χ0n) is 8.50. The van der Waals surface area contributed by atoms with Crippen molar-refractivity contribution in [2.45, 2.75) is 23.9 Å². The molecular weight excluding hydrogens is 278 g/mol. The number of hydrogen-bond acceptors (Lipinski definition) is 5. The highest BCUT2D eigenvalue weighted by Crippen LogP contribution is 2.67. The molecule has 102 valence electrons. The Labute approximate surface area is 95.9 Å². The third-order valence-electron chi connectivity index (χ3n) is 2.15. The Kier molecular flexibility index (Phi) is 5.04. The van der Waals surface area contributed by atoms with Crippen LogP contribution in [0.2, 0.25) is 0 Å². The van der Waals surface area contributed by atoms with Crippen molar-refractivity contribution in [3.05, 3.63) is 0 Å². The lowest BCUT2D eigenvalue weighted by molar-refractivity contribution is -0.138. The van der Waals surface area contributed by atoms with Gasteiger partial charge in [-0.15, -0.1) is 0 Å². The summed E-state index contributed by atoms with van der Waals surface area (Å²) < 4.78 is 21.9. The van der Waals surface area contributed by atoms with Crippen molar-refractivity contribution in [3.63, 3.8) is 0 Å². The zero-order chi connectivity index (χ0) is 14.1. The minimum Gasteiger partial charge on any atom is -0.480 e. The zero-order valence-corrected chi connectivity index (χ0v) is 10.3. The second kappa shape index (κ2) is 5.13. The molecule has 0 spiro atoms. The maximum Gasteiger partial charge on any atom is 0.357 e. The number of carbonyl (C=O) groups is 1. The lowest BCUT2D eigenvalue weighted by Gasteiger charge is -2.30. The van der Waals surface area contributed by atoms with Gasteiger partial charge in [0.2, 0.25) is 5.02 Å². The van der Waals surface area contributed by atoms with Gasteiger partial charge in [-0.25, -0.2) is 0 Å². The standard InChI is InChI=1S/C5H14N2O8P2/c6-3(4(8)9)1-2-5(7,16(10,11)12)17(13,14)15/h3H,1-2,6-7H2,(H,8,9)(H2,10,11,12)(H2,13,14,15). The van der Waals surface area contributed by atoms with Gasteiger partial charge in [0, 0.05) is 0 Å². The van der Waals surface area contributed by atoms with Gasteiger partial charge in [0.05, 0.1) is 0 Å². The SMILES string of the molecule is NC(CCC(N)(P(=O)(O)O)P(=O)(O)O)C(=O)O. The van der Waals surface area contributed by atoms with E-state index in [2.05, 4.69) is 0 Å². The Bertz CT molecular complexity index is 363. The predicted molar refractivity (Wildman–Crippen MR) is 55.9 cm³/mol. The summed E-state index contributed by atoms with van der Waals surface area (Å²) in [5.41, 5.74) is 10.1. The first-order valence-electron chi connectivity index (χ1n) is 4.21. The van der Waals surface area contributed by atoms with E-state index in [-0.39, 0.29) is 0 Å². The highest BCUT2D eigenvalue weighted by Gasteiger charge is 2.57. The minimum absolute atomic E-state index is 0.581. The highest BCUT2D eigenvalue weighted by molar-refractivity contribution is 7.72. The van der Waals surface area contributed by atoms with Crippen molar-refractivity contribution in [1.82, 2.24) is 0 Å². The van der Waals surface area contributed by atoms with Gasteiger partial charge in [-0.3, -0.25) is 13.9 Å². The Morgan fingerprint density at radius 3 is 1.76 bits per heavy atom. The average Bonchev–Trinajstić information content (AvgIpc) is 2.09. The molecule has 1 unspecified atom stereocenters. The van der Waals surface area contributed by atoms with Crippen LogP contribution in [0, 0.1) is 0 Å². The quantitative estimate of drug-likeness (QED) is 0.272. The summed E-state index contributed by atoms with van der Waals surface area (Å²) in [5, 5.41) is 5.31. The molecule has 1 atom stereocenters. The molecule has 0 bridgehead atoms. The molecule has 0 rings (SSSR count). The van der Waals surface area contributed by atoms with Crippen molar-refractivity contribution in [1.29, 1.82) is 0 Å². The third kappa shape index (κ3) is 3.84. The lowest BCUT2D eigenvalue weighted by Crippen LogP contribution is -2.42. The molecule has 17 heavy (non-hydrogen) atoms. The maximum atomic E-state index is 11.0. The second-order valence-electron chi connectivity index (χ2n) is 3.45. The van der Waals surface area contributed by atoms with Crippen molar-refractivity contribution < 1.29 is 38.6 Å². The Morgan fingerprint density at radius 1 is 1.18 bits per heavy atom. The maximum absolute atomic E-state index is 11.0. The van der Waals surface area contributed by atoms with Crippen LogP contribution >= 0.6 is 15.2 Å². The van der Waals surface area contributed by atoms with Gasteiger partial charge < -0.3 is 36.1 Å². The monoisotopic (exact) mass is 292 g/mol. The molecule has 0 aromatic heterocycles. The first kappa shape index (κ1) is 16.7. The summed E-state index contributed by atoms with van der Waals surface area (Å²) in [6.45, 7) is 0. The minimum atomic E-state index is -5.33. The Morgan fingerprint density at radius 2 is 1.53 bits per heavy atom. The number of nitrogens with two attached hydrogens (primary N) is 2. The lowest BCUT2D eigenvalue weighted by atomic mass is 10.2. The van der Waals surface area contributed by atoms with Crippen LogP contribution in [-0.4, -0.2) is 41.7 Å². The summed E-state index contributed by atoms with van der Waals surface area (Å²) in [7, 11) is -10.7. The van der Waals surface area contributed by atoms with E-state index < -0.39 is 45.1 Å². The van der Waals surface area contributed by atoms with Crippen LogP contribution < -0.4 is 11.5 Å². The van der Waals surface area contributed by atoms with E-state index in [9.17, 15) is 13.9 Å². The number of aliphatic carboxylic acids is 1. The average molecular weight is 292 g/mol. The van der Waals surface area contributed by atoms with Gasteiger partial charge in [0.15, 0.2) is 0 Å².